The van der Waals surface area contributed by atoms with Gasteiger partial charge in [0.05, 0.1) is 6.61 Å². The fourth-order valence-corrected chi connectivity index (χ4v) is 0.362. The lowest BCUT2D eigenvalue weighted by molar-refractivity contribution is 0.301. The van der Waals surface area contributed by atoms with E-state index in [2.05, 4.69) is 30.2 Å². The van der Waals surface area contributed by atoms with Gasteiger partial charge in [-0.1, -0.05) is 4.32 Å². The van der Waals surface area contributed by atoms with Crippen molar-refractivity contribution in [3.05, 3.63) is 0 Å². The molecule has 0 amide bonds. The first kappa shape index (κ1) is 7.07. The normalized spacial score (nSPS) is 8.14. The van der Waals surface area contributed by atoms with Crippen molar-refractivity contribution < 1.29 is 5.11 Å². The molecule has 0 bridgehead atoms. The van der Waals surface area contributed by atoms with E-state index < -0.39 is 0 Å². The largest absolute Gasteiger partial charge is 0.412 e. The van der Waals surface area contributed by atoms with E-state index in [0.29, 0.717) is 10.9 Å². The van der Waals surface area contributed by atoms with Crippen LogP contribution in [0.2, 0.25) is 0 Å². The average Bonchev–Trinajstić information content (AvgIpc) is 1.61. The van der Waals surface area contributed by atoms with E-state index in [0.717, 1.165) is 0 Å². The number of rotatable bonds is 2. The zero-order valence-corrected chi connectivity index (χ0v) is 5.31. The Balaban J connectivity index is 2.82. The van der Waals surface area contributed by atoms with Crippen LogP contribution in [0, 0.1) is 0 Å². The maximum Gasteiger partial charge on any atom is 0.0603 e. The lowest BCUT2D eigenvalue weighted by Crippen LogP contribution is -2.22. The molecule has 0 rings (SSSR count). The van der Waals surface area contributed by atoms with Crippen LogP contribution in [0.4, 0.5) is 0 Å². The Morgan fingerprint density at radius 1 is 1.86 bits per heavy atom. The molecule has 0 aliphatic rings. The molecule has 0 spiro atoms. The number of hydrogen-bond donors (Lipinski definition) is 2. The molecule has 4 heteroatoms. The van der Waals surface area contributed by atoms with Gasteiger partial charge in [0, 0.05) is 6.54 Å². The van der Waals surface area contributed by atoms with Crippen LogP contribution < -0.4 is 5.32 Å². The van der Waals surface area contributed by atoms with Crippen LogP contribution in [0.3, 0.4) is 0 Å². The first-order chi connectivity index (χ1) is 3.27. The standard InChI is InChI=1S/C3H7NOS2/c5-2-1-4-3(6)7/h5H,1-2H2,(H2,4,6,7)/p-1. The van der Waals surface area contributed by atoms with Gasteiger partial charge in [-0.2, -0.15) is 0 Å². The van der Waals surface area contributed by atoms with E-state index in [1.54, 1.807) is 0 Å². The van der Waals surface area contributed by atoms with Crippen molar-refractivity contribution in [1.29, 1.82) is 0 Å². The summed E-state index contributed by atoms with van der Waals surface area (Å²) < 4.78 is 0.314. The Bertz CT molecular complexity index is 66.0. The summed E-state index contributed by atoms with van der Waals surface area (Å²) in [6.07, 6.45) is 0. The van der Waals surface area contributed by atoms with Crippen LogP contribution in [-0.2, 0) is 12.6 Å². The molecule has 0 atom stereocenters. The smallest absolute Gasteiger partial charge is 0.0603 e. The van der Waals surface area contributed by atoms with E-state index in [1.807, 2.05) is 0 Å². The second-order valence-corrected chi connectivity index (χ2v) is 2.01. The Morgan fingerprint density at radius 3 is 2.57 bits per heavy atom. The Morgan fingerprint density at radius 2 is 2.43 bits per heavy atom. The highest BCUT2D eigenvalue weighted by atomic mass is 32.1. The molecule has 7 heavy (non-hydrogen) atoms. The van der Waals surface area contributed by atoms with Crippen molar-refractivity contribution in [1.82, 2.24) is 5.32 Å². The van der Waals surface area contributed by atoms with Crippen LogP contribution >= 0.6 is 12.2 Å². The van der Waals surface area contributed by atoms with Gasteiger partial charge in [0.15, 0.2) is 0 Å². The third-order valence-corrected chi connectivity index (χ3v) is 0.670. The summed E-state index contributed by atoms with van der Waals surface area (Å²) in [7, 11) is 0. The second kappa shape index (κ2) is 4.23. The molecule has 2 N–H and O–H groups in total. The van der Waals surface area contributed by atoms with Crippen LogP contribution in [-0.4, -0.2) is 22.6 Å². The highest BCUT2D eigenvalue weighted by Gasteiger charge is 1.72. The minimum atomic E-state index is 0.0801. The van der Waals surface area contributed by atoms with Crippen molar-refractivity contribution in [3.8, 4) is 0 Å². The zero-order valence-electron chi connectivity index (χ0n) is 3.68. The van der Waals surface area contributed by atoms with Crippen molar-refractivity contribution in [3.63, 3.8) is 0 Å². The molecule has 0 heterocycles. The lowest BCUT2D eigenvalue weighted by Gasteiger charge is -2.05. The summed E-state index contributed by atoms with van der Waals surface area (Å²) in [5.74, 6) is 0. The quantitative estimate of drug-likeness (QED) is 0.392. The van der Waals surface area contributed by atoms with Gasteiger partial charge in [0.1, 0.15) is 0 Å². The molecular weight excluding hydrogens is 130 g/mol. The van der Waals surface area contributed by atoms with Gasteiger partial charge in [-0.25, -0.2) is 0 Å². The monoisotopic (exact) mass is 136 g/mol. The Labute approximate surface area is 53.3 Å². The van der Waals surface area contributed by atoms with E-state index in [9.17, 15) is 0 Å². The van der Waals surface area contributed by atoms with E-state index in [1.165, 1.54) is 0 Å². The minimum absolute atomic E-state index is 0.0801. The van der Waals surface area contributed by atoms with E-state index in [4.69, 9.17) is 5.11 Å². The summed E-state index contributed by atoms with van der Waals surface area (Å²) >= 11 is 8.91. The van der Waals surface area contributed by atoms with Crippen molar-refractivity contribution >= 4 is 29.2 Å². The fraction of sp³-hybridized carbons (Fsp3) is 0.667. The number of hydrogen-bond acceptors (Lipinski definition) is 3. The van der Waals surface area contributed by atoms with Gasteiger partial charge >= 0.3 is 0 Å². The van der Waals surface area contributed by atoms with Gasteiger partial charge in [-0.15, -0.1) is 0 Å². The molecule has 0 saturated heterocycles. The predicted octanol–water partition coefficient (Wildman–Crippen LogP) is -0.600. The molecule has 42 valence electrons. The molecule has 0 aromatic rings. The van der Waals surface area contributed by atoms with Gasteiger partial charge in [-0.05, 0) is 0 Å². The van der Waals surface area contributed by atoms with Crippen molar-refractivity contribution in [2.24, 2.45) is 0 Å². The van der Waals surface area contributed by atoms with Crippen LogP contribution in [0.25, 0.3) is 0 Å². The molecule has 0 aliphatic carbocycles. The molecule has 0 aromatic heterocycles. The fourth-order valence-electron chi connectivity index (χ4n) is 0.158. The maximum atomic E-state index is 8.15. The van der Waals surface area contributed by atoms with E-state index in [-0.39, 0.29) is 6.61 Å². The van der Waals surface area contributed by atoms with E-state index >= 15 is 0 Å². The Hall–Kier alpha value is 0.0700. The van der Waals surface area contributed by atoms with Crippen LogP contribution in [0.15, 0.2) is 0 Å². The molecule has 0 radical (unpaired) electrons. The summed E-state index contributed by atoms with van der Waals surface area (Å²) in [5.41, 5.74) is 0. The average molecular weight is 136 g/mol. The van der Waals surface area contributed by atoms with Crippen LogP contribution in [0.1, 0.15) is 0 Å². The summed E-state index contributed by atoms with van der Waals surface area (Å²) in [4.78, 5) is 0. The van der Waals surface area contributed by atoms with Crippen LogP contribution in [0.5, 0.6) is 0 Å². The van der Waals surface area contributed by atoms with Crippen molar-refractivity contribution in [2.45, 2.75) is 0 Å². The molecule has 0 aromatic carbocycles. The molecule has 0 saturated carbocycles. The summed E-state index contributed by atoms with van der Waals surface area (Å²) in [5, 5.41) is 10.7. The second-order valence-electron chi connectivity index (χ2n) is 0.938. The van der Waals surface area contributed by atoms with Gasteiger partial charge < -0.3 is 35.3 Å². The first-order valence-electron chi connectivity index (χ1n) is 1.83. The number of nitrogens with one attached hydrogen (secondary N) is 1. The topological polar surface area (TPSA) is 32.3 Å². The highest BCUT2D eigenvalue weighted by Crippen LogP contribution is 1.61. The third-order valence-electron chi connectivity index (χ3n) is 0.381. The maximum absolute atomic E-state index is 8.15. The summed E-state index contributed by atoms with van der Waals surface area (Å²) in [6, 6.07) is 0. The number of aliphatic hydroxyl groups is 1. The molecular formula is C3H6NOS2-. The van der Waals surface area contributed by atoms with Gasteiger partial charge in [0.25, 0.3) is 0 Å². The van der Waals surface area contributed by atoms with Gasteiger partial charge in [0.2, 0.25) is 0 Å². The third kappa shape index (κ3) is 6.07. The van der Waals surface area contributed by atoms with Gasteiger partial charge in [-0.3, -0.25) is 0 Å². The SMILES string of the molecule is OCCNC(=S)[S-]. The lowest BCUT2D eigenvalue weighted by atomic mass is 10.7. The highest BCUT2D eigenvalue weighted by molar-refractivity contribution is 8.00. The number of thiocarbonyl (C=S) groups is 1. The predicted molar refractivity (Wildman–Crippen MR) is 35.1 cm³/mol. The van der Waals surface area contributed by atoms with Crippen molar-refractivity contribution in [2.75, 3.05) is 13.2 Å². The molecule has 0 aliphatic heterocycles. The Kier molecular flexibility index (Phi) is 4.28. The molecule has 2 nitrogen and oxygen atoms in total. The summed E-state index contributed by atoms with van der Waals surface area (Å²) in [6.45, 7) is 0.541. The zero-order chi connectivity index (χ0) is 5.70. The molecule has 0 unspecified atom stereocenters. The number of aliphatic hydroxyl groups excluding tert-OH is 1. The molecule has 0 fully saturated rings. The minimum Gasteiger partial charge on any atom is -0.412 e. The first-order valence-corrected chi connectivity index (χ1v) is 2.64.